The Kier molecular flexibility index (Phi) is 6.19. The summed E-state index contributed by atoms with van der Waals surface area (Å²) < 4.78 is 4.76. The molecular weight excluding hydrogens is 204 g/mol. The van der Waals surface area contributed by atoms with E-state index in [0.29, 0.717) is 13.0 Å². The molecule has 13 heavy (non-hydrogen) atoms. The van der Waals surface area contributed by atoms with Gasteiger partial charge in [-0.2, -0.15) is 0 Å². The van der Waals surface area contributed by atoms with Gasteiger partial charge >= 0.3 is 5.97 Å². The Morgan fingerprint density at radius 3 is 2.85 bits per heavy atom. The van der Waals surface area contributed by atoms with Gasteiger partial charge in [0.1, 0.15) is 0 Å². The van der Waals surface area contributed by atoms with Crippen LogP contribution in [0.15, 0.2) is 11.5 Å². The molecular formula is C9H14O2S2. The van der Waals surface area contributed by atoms with Gasteiger partial charge in [-0.25, -0.2) is 0 Å². The maximum Gasteiger partial charge on any atom is 0.305 e. The number of ether oxygens (including phenoxy) is 1. The highest BCUT2D eigenvalue weighted by molar-refractivity contribution is 8.78. The summed E-state index contributed by atoms with van der Waals surface area (Å²) in [6, 6.07) is 0. The van der Waals surface area contributed by atoms with Crippen LogP contribution in [0.4, 0.5) is 0 Å². The molecule has 2 heterocycles. The number of carbonyl (C=O) groups excluding carboxylic acids is 1. The molecule has 0 saturated carbocycles. The minimum atomic E-state index is -0.0255. The van der Waals surface area contributed by atoms with E-state index in [9.17, 15) is 4.79 Å². The monoisotopic (exact) mass is 218 g/mol. The van der Waals surface area contributed by atoms with Crippen molar-refractivity contribution in [1.82, 2.24) is 0 Å². The van der Waals surface area contributed by atoms with E-state index in [1.165, 1.54) is 5.75 Å². The van der Waals surface area contributed by atoms with Crippen LogP contribution in [0.2, 0.25) is 0 Å². The smallest absolute Gasteiger partial charge is 0.305 e. The second kappa shape index (κ2) is 7.33. The van der Waals surface area contributed by atoms with Gasteiger partial charge in [0.25, 0.3) is 0 Å². The van der Waals surface area contributed by atoms with Gasteiger partial charge < -0.3 is 4.74 Å². The Bertz CT molecular complexity index is 164. The number of cyclic esters (lactones) is 1. The molecule has 0 unspecified atom stereocenters. The Labute approximate surface area is 86.9 Å². The second-order valence-corrected chi connectivity index (χ2v) is 5.10. The molecule has 0 aliphatic carbocycles. The highest BCUT2D eigenvalue weighted by atomic mass is 33.1. The van der Waals surface area contributed by atoms with E-state index in [4.69, 9.17) is 4.74 Å². The molecule has 0 aromatic carbocycles. The average molecular weight is 218 g/mol. The zero-order valence-corrected chi connectivity index (χ0v) is 9.16. The number of hydrogen-bond acceptors (Lipinski definition) is 4. The van der Waals surface area contributed by atoms with Crippen molar-refractivity contribution in [3.8, 4) is 0 Å². The van der Waals surface area contributed by atoms with E-state index < -0.39 is 0 Å². The van der Waals surface area contributed by atoms with Crippen molar-refractivity contribution in [2.24, 2.45) is 0 Å². The van der Waals surface area contributed by atoms with E-state index in [0.717, 1.165) is 19.3 Å². The Balaban J connectivity index is 0.000000145. The van der Waals surface area contributed by atoms with E-state index in [-0.39, 0.29) is 5.97 Å². The molecule has 0 bridgehead atoms. The predicted octanol–water partition coefficient (Wildman–Crippen LogP) is 3.00. The summed E-state index contributed by atoms with van der Waals surface area (Å²) in [6.07, 6.45) is 5.99. The van der Waals surface area contributed by atoms with Crippen LogP contribution in [0.25, 0.3) is 0 Å². The molecule has 0 radical (unpaired) electrons. The number of carbonyl (C=O) groups is 1. The zero-order chi connectivity index (χ0) is 9.36. The van der Waals surface area contributed by atoms with Gasteiger partial charge in [-0.3, -0.25) is 4.79 Å². The first-order chi connectivity index (χ1) is 6.39. The molecule has 2 nitrogen and oxygen atoms in total. The standard InChI is InChI=1S/C6H10O2.C3H4S2/c7-6-4-2-1-3-5-8-6;1-2-4-5-3-1/h1-5H2;1-2H,3H2. The highest BCUT2D eigenvalue weighted by Crippen LogP contribution is 2.27. The molecule has 2 aliphatic heterocycles. The van der Waals surface area contributed by atoms with Gasteiger partial charge in [0.15, 0.2) is 0 Å². The lowest BCUT2D eigenvalue weighted by molar-refractivity contribution is -0.142. The maximum absolute atomic E-state index is 10.5. The normalized spacial score (nSPS) is 21.4. The molecule has 0 aromatic rings. The third kappa shape index (κ3) is 6.05. The first-order valence-electron chi connectivity index (χ1n) is 4.48. The molecule has 2 aliphatic rings. The Morgan fingerprint density at radius 2 is 2.23 bits per heavy atom. The molecule has 1 fully saturated rings. The number of hydrogen-bond donors (Lipinski definition) is 0. The molecule has 2 rings (SSSR count). The van der Waals surface area contributed by atoms with E-state index in [2.05, 4.69) is 11.5 Å². The lowest BCUT2D eigenvalue weighted by Gasteiger charge is -1.93. The summed E-state index contributed by atoms with van der Waals surface area (Å²) >= 11 is 0. The fourth-order valence-electron chi connectivity index (χ4n) is 1.00. The zero-order valence-electron chi connectivity index (χ0n) is 7.53. The van der Waals surface area contributed by atoms with E-state index >= 15 is 0 Å². The van der Waals surface area contributed by atoms with Gasteiger partial charge in [-0.15, -0.1) is 0 Å². The van der Waals surface area contributed by atoms with E-state index in [1.807, 2.05) is 21.6 Å². The van der Waals surface area contributed by atoms with Crippen molar-refractivity contribution in [2.45, 2.75) is 25.7 Å². The number of rotatable bonds is 0. The van der Waals surface area contributed by atoms with E-state index in [1.54, 1.807) is 0 Å². The van der Waals surface area contributed by atoms with Crippen LogP contribution < -0.4 is 0 Å². The average Bonchev–Trinajstić information content (AvgIpc) is 2.62. The van der Waals surface area contributed by atoms with Crippen LogP contribution >= 0.6 is 21.6 Å². The largest absolute Gasteiger partial charge is 0.466 e. The Morgan fingerprint density at radius 1 is 1.31 bits per heavy atom. The quantitative estimate of drug-likeness (QED) is 0.461. The Hall–Kier alpha value is -0.0900. The first-order valence-corrected chi connectivity index (χ1v) is 6.87. The lowest BCUT2D eigenvalue weighted by atomic mass is 10.2. The molecule has 1 saturated heterocycles. The van der Waals surface area contributed by atoms with Gasteiger partial charge in [-0.1, -0.05) is 27.7 Å². The summed E-state index contributed by atoms with van der Waals surface area (Å²) in [5.41, 5.74) is 0. The van der Waals surface area contributed by atoms with Crippen molar-refractivity contribution in [2.75, 3.05) is 12.4 Å². The van der Waals surface area contributed by atoms with Crippen LogP contribution in [0.1, 0.15) is 25.7 Å². The van der Waals surface area contributed by atoms with Crippen molar-refractivity contribution in [1.29, 1.82) is 0 Å². The van der Waals surface area contributed by atoms with Crippen LogP contribution in [0, 0.1) is 0 Å². The maximum atomic E-state index is 10.5. The van der Waals surface area contributed by atoms with Gasteiger partial charge in [0, 0.05) is 12.2 Å². The summed E-state index contributed by atoms with van der Waals surface area (Å²) in [7, 11) is 3.69. The van der Waals surface area contributed by atoms with Gasteiger partial charge in [0.2, 0.25) is 0 Å². The highest BCUT2D eigenvalue weighted by Gasteiger charge is 2.05. The van der Waals surface area contributed by atoms with Crippen LogP contribution in [0.3, 0.4) is 0 Å². The summed E-state index contributed by atoms with van der Waals surface area (Å²) in [5, 5.41) is 2.12. The van der Waals surface area contributed by atoms with Crippen LogP contribution in [-0.4, -0.2) is 18.3 Å². The van der Waals surface area contributed by atoms with Crippen LogP contribution in [0.5, 0.6) is 0 Å². The van der Waals surface area contributed by atoms with Crippen molar-refractivity contribution >= 4 is 27.6 Å². The molecule has 0 aromatic heterocycles. The lowest BCUT2D eigenvalue weighted by Crippen LogP contribution is -2.00. The molecule has 4 heteroatoms. The van der Waals surface area contributed by atoms with Gasteiger partial charge in [0.05, 0.1) is 6.61 Å². The topological polar surface area (TPSA) is 26.3 Å². The predicted molar refractivity (Wildman–Crippen MR) is 58.6 cm³/mol. The molecule has 0 amide bonds. The SMILES string of the molecule is C1=CSSC1.O=C1CCCCCO1. The van der Waals surface area contributed by atoms with Gasteiger partial charge in [-0.05, 0) is 24.7 Å². The molecule has 0 atom stereocenters. The minimum absolute atomic E-state index is 0.0255. The number of esters is 1. The second-order valence-electron chi connectivity index (χ2n) is 2.78. The van der Waals surface area contributed by atoms with Crippen molar-refractivity contribution < 1.29 is 9.53 Å². The van der Waals surface area contributed by atoms with Crippen molar-refractivity contribution in [3.63, 3.8) is 0 Å². The van der Waals surface area contributed by atoms with Crippen LogP contribution in [-0.2, 0) is 9.53 Å². The third-order valence-corrected chi connectivity index (χ3v) is 3.59. The fraction of sp³-hybridized carbons (Fsp3) is 0.667. The third-order valence-electron chi connectivity index (χ3n) is 1.67. The summed E-state index contributed by atoms with van der Waals surface area (Å²) in [6.45, 7) is 0.638. The summed E-state index contributed by atoms with van der Waals surface area (Å²) in [5.74, 6) is 1.17. The molecule has 0 N–H and O–H groups in total. The first kappa shape index (κ1) is 11.0. The molecule has 74 valence electrons. The molecule has 0 spiro atoms. The summed E-state index contributed by atoms with van der Waals surface area (Å²) in [4.78, 5) is 10.5. The fourth-order valence-corrected chi connectivity index (χ4v) is 2.57. The van der Waals surface area contributed by atoms with Crippen molar-refractivity contribution in [3.05, 3.63) is 11.5 Å². The minimum Gasteiger partial charge on any atom is -0.466 e.